The van der Waals surface area contributed by atoms with Crippen molar-refractivity contribution in [3.05, 3.63) is 134 Å². The van der Waals surface area contributed by atoms with Gasteiger partial charge in [0.05, 0.1) is 0 Å². The standard InChI is InChI=1S/C70H114O6/c1-4-7-10-13-16-19-22-25-27-29-31-32-33-34-35-36-37-38-39-41-42-45-48-51-54-57-60-63-69(72)75-66-67(65-74-68(71)62-59-56-53-50-47-44-24-21-18-15-12-9-6-3)76-70(73)64-61-58-55-52-49-46-43-40-30-28-26-23-20-17-14-11-8-5-2/h7,9-10,12,16,18-19,21,25,27,31-32,34-35,37-38,41-42,44,47,53,56,67H,4-6,8,11,13-15,17,20,22-24,26,28-30,33,36,39-40,43,45-46,48-52,54-55,57-66H2,1-3H3/b10-7-,12-9-,19-16-,21-18-,27-25-,32-31-,35-34-,38-37-,42-41-,47-44-,56-53-. The fourth-order valence-electron chi connectivity index (χ4n) is 8.32. The van der Waals surface area contributed by atoms with Crippen molar-refractivity contribution in [2.75, 3.05) is 13.2 Å². The lowest BCUT2D eigenvalue weighted by Gasteiger charge is -2.18. The Balaban J connectivity index is 4.42. The number of rotatable bonds is 55. The molecule has 0 heterocycles. The highest BCUT2D eigenvalue weighted by Crippen LogP contribution is 2.16. The number of unbranched alkanes of at least 4 members (excludes halogenated alkanes) is 22. The molecule has 0 aromatic heterocycles. The van der Waals surface area contributed by atoms with E-state index in [0.29, 0.717) is 19.3 Å². The Hall–Kier alpha value is -4.45. The lowest BCUT2D eigenvalue weighted by Crippen LogP contribution is -2.30. The maximum absolute atomic E-state index is 12.9. The van der Waals surface area contributed by atoms with Gasteiger partial charge in [0.2, 0.25) is 0 Å². The molecule has 0 amide bonds. The molecule has 76 heavy (non-hydrogen) atoms. The van der Waals surface area contributed by atoms with E-state index in [-0.39, 0.29) is 37.5 Å². The van der Waals surface area contributed by atoms with Crippen LogP contribution in [0.1, 0.15) is 271 Å². The van der Waals surface area contributed by atoms with Crippen LogP contribution in [0.5, 0.6) is 0 Å². The van der Waals surface area contributed by atoms with Crippen LogP contribution in [0.3, 0.4) is 0 Å². The molecule has 1 unspecified atom stereocenters. The number of carbonyl (C=O) groups excluding carboxylic acids is 3. The first kappa shape index (κ1) is 71.5. The first-order valence-corrected chi connectivity index (χ1v) is 31.2. The third kappa shape index (κ3) is 60.4. The Labute approximate surface area is 468 Å². The molecule has 0 aromatic carbocycles. The quantitative estimate of drug-likeness (QED) is 0.0261. The molecule has 0 aromatic rings. The summed E-state index contributed by atoms with van der Waals surface area (Å²) in [5, 5.41) is 0. The van der Waals surface area contributed by atoms with Gasteiger partial charge in [0.25, 0.3) is 0 Å². The van der Waals surface area contributed by atoms with Gasteiger partial charge in [0.15, 0.2) is 6.10 Å². The molecular formula is C70H114O6. The number of esters is 3. The summed E-state index contributed by atoms with van der Waals surface area (Å²) in [6.45, 7) is 6.34. The molecule has 0 aliphatic carbocycles. The molecule has 0 saturated heterocycles. The van der Waals surface area contributed by atoms with Crippen molar-refractivity contribution in [1.29, 1.82) is 0 Å². The van der Waals surface area contributed by atoms with E-state index in [2.05, 4.69) is 148 Å². The van der Waals surface area contributed by atoms with Crippen LogP contribution in [0, 0.1) is 0 Å². The molecule has 430 valence electrons. The van der Waals surface area contributed by atoms with Gasteiger partial charge in [-0.15, -0.1) is 0 Å². The van der Waals surface area contributed by atoms with E-state index < -0.39 is 6.10 Å². The largest absolute Gasteiger partial charge is 0.462 e. The summed E-state index contributed by atoms with van der Waals surface area (Å²) in [6, 6.07) is 0. The molecule has 0 aliphatic heterocycles. The van der Waals surface area contributed by atoms with Crippen molar-refractivity contribution in [2.24, 2.45) is 0 Å². The summed E-state index contributed by atoms with van der Waals surface area (Å²) >= 11 is 0. The zero-order chi connectivity index (χ0) is 55.0. The van der Waals surface area contributed by atoms with Crippen LogP contribution in [-0.2, 0) is 28.6 Å². The Kier molecular flexibility index (Phi) is 59.4. The summed E-state index contributed by atoms with van der Waals surface area (Å²) in [5.74, 6) is -1.01. The zero-order valence-corrected chi connectivity index (χ0v) is 49.2. The minimum atomic E-state index is -0.819. The fourth-order valence-corrected chi connectivity index (χ4v) is 8.32. The average molecular weight is 1050 g/mol. The summed E-state index contributed by atoms with van der Waals surface area (Å²) in [7, 11) is 0. The van der Waals surface area contributed by atoms with Crippen molar-refractivity contribution in [2.45, 2.75) is 277 Å². The lowest BCUT2D eigenvalue weighted by atomic mass is 10.0. The van der Waals surface area contributed by atoms with Crippen LogP contribution in [0.2, 0.25) is 0 Å². The Morgan fingerprint density at radius 2 is 0.539 bits per heavy atom. The van der Waals surface area contributed by atoms with Gasteiger partial charge < -0.3 is 14.2 Å². The van der Waals surface area contributed by atoms with Gasteiger partial charge in [-0.3, -0.25) is 14.4 Å². The highest BCUT2D eigenvalue weighted by atomic mass is 16.6. The minimum Gasteiger partial charge on any atom is -0.462 e. The van der Waals surface area contributed by atoms with Gasteiger partial charge in [-0.1, -0.05) is 283 Å². The van der Waals surface area contributed by atoms with E-state index in [0.717, 1.165) is 128 Å². The summed E-state index contributed by atoms with van der Waals surface area (Å²) in [6.07, 6.45) is 89.0. The maximum Gasteiger partial charge on any atom is 0.306 e. The van der Waals surface area contributed by atoms with E-state index in [9.17, 15) is 14.4 Å². The fraction of sp³-hybridized carbons (Fsp3) is 0.643. The normalized spacial score (nSPS) is 13.0. The Bertz CT molecular complexity index is 1630. The predicted octanol–water partition coefficient (Wildman–Crippen LogP) is 21.4. The van der Waals surface area contributed by atoms with E-state index in [1.54, 1.807) is 0 Å². The topological polar surface area (TPSA) is 78.9 Å². The van der Waals surface area contributed by atoms with Gasteiger partial charge in [-0.25, -0.2) is 0 Å². The smallest absolute Gasteiger partial charge is 0.306 e. The third-order valence-electron chi connectivity index (χ3n) is 12.9. The lowest BCUT2D eigenvalue weighted by molar-refractivity contribution is -0.166. The number of carbonyl (C=O) groups is 3. The van der Waals surface area contributed by atoms with Crippen LogP contribution in [0.25, 0.3) is 0 Å². The molecule has 0 bridgehead atoms. The second kappa shape index (κ2) is 63.1. The Morgan fingerprint density at radius 1 is 0.276 bits per heavy atom. The van der Waals surface area contributed by atoms with E-state index in [1.807, 2.05) is 6.08 Å². The average Bonchev–Trinajstić information content (AvgIpc) is 3.42. The molecule has 0 fully saturated rings. The number of ether oxygens (including phenoxy) is 3. The van der Waals surface area contributed by atoms with Gasteiger partial charge in [0.1, 0.15) is 13.2 Å². The highest BCUT2D eigenvalue weighted by molar-refractivity contribution is 5.71. The van der Waals surface area contributed by atoms with Crippen LogP contribution < -0.4 is 0 Å². The van der Waals surface area contributed by atoms with Gasteiger partial charge >= 0.3 is 17.9 Å². The highest BCUT2D eigenvalue weighted by Gasteiger charge is 2.19. The molecule has 0 rings (SSSR count). The summed E-state index contributed by atoms with van der Waals surface area (Å²) in [5.41, 5.74) is 0. The molecular weight excluding hydrogens is 937 g/mol. The molecule has 0 N–H and O–H groups in total. The number of hydrogen-bond donors (Lipinski definition) is 0. The zero-order valence-electron chi connectivity index (χ0n) is 49.2. The van der Waals surface area contributed by atoms with Crippen molar-refractivity contribution >= 4 is 17.9 Å². The molecule has 6 heteroatoms. The number of allylic oxidation sites excluding steroid dienone is 22. The van der Waals surface area contributed by atoms with Gasteiger partial charge in [-0.2, -0.15) is 0 Å². The van der Waals surface area contributed by atoms with E-state index in [4.69, 9.17) is 14.2 Å². The summed E-state index contributed by atoms with van der Waals surface area (Å²) in [4.78, 5) is 38.2. The van der Waals surface area contributed by atoms with Crippen molar-refractivity contribution < 1.29 is 28.6 Å². The second-order valence-corrected chi connectivity index (χ2v) is 20.2. The van der Waals surface area contributed by atoms with Crippen LogP contribution in [0.15, 0.2) is 134 Å². The van der Waals surface area contributed by atoms with Gasteiger partial charge in [-0.05, 0) is 103 Å². The molecule has 0 aliphatic rings. The first-order chi connectivity index (χ1) is 37.5. The third-order valence-corrected chi connectivity index (χ3v) is 12.9. The molecule has 0 radical (unpaired) electrons. The van der Waals surface area contributed by atoms with E-state index >= 15 is 0 Å². The van der Waals surface area contributed by atoms with Crippen LogP contribution >= 0.6 is 0 Å². The molecule has 0 saturated carbocycles. The number of hydrogen-bond acceptors (Lipinski definition) is 6. The summed E-state index contributed by atoms with van der Waals surface area (Å²) < 4.78 is 16.8. The maximum atomic E-state index is 12.9. The van der Waals surface area contributed by atoms with Crippen molar-refractivity contribution in [1.82, 2.24) is 0 Å². The monoisotopic (exact) mass is 1050 g/mol. The first-order valence-electron chi connectivity index (χ1n) is 31.2. The van der Waals surface area contributed by atoms with E-state index in [1.165, 1.54) is 96.3 Å². The van der Waals surface area contributed by atoms with Crippen LogP contribution in [-0.4, -0.2) is 37.2 Å². The molecule has 0 spiro atoms. The van der Waals surface area contributed by atoms with Crippen molar-refractivity contribution in [3.8, 4) is 0 Å². The van der Waals surface area contributed by atoms with Crippen molar-refractivity contribution in [3.63, 3.8) is 0 Å². The van der Waals surface area contributed by atoms with Crippen LogP contribution in [0.4, 0.5) is 0 Å². The Morgan fingerprint density at radius 3 is 0.882 bits per heavy atom. The molecule has 6 nitrogen and oxygen atoms in total. The molecule has 1 atom stereocenters. The SMILES string of the molecule is CC/C=C\C/C=C\C/C=C\C/C=C\C/C=C\C/C=C\C/C=C\CCCCCCCC(=O)OCC(COC(=O)CC/C=C\C/C=C\C/C=C\C/C=C\CC)OC(=O)CCCCCCCCCCCCCCCCCCCC. The predicted molar refractivity (Wildman–Crippen MR) is 329 cm³/mol. The minimum absolute atomic E-state index is 0.112. The van der Waals surface area contributed by atoms with Gasteiger partial charge in [0, 0.05) is 19.3 Å². The second-order valence-electron chi connectivity index (χ2n) is 20.2.